The van der Waals surface area contributed by atoms with Gasteiger partial charge in [0.25, 0.3) is 0 Å². The first-order valence-electron chi connectivity index (χ1n) is 7.23. The molecule has 0 amide bonds. The van der Waals surface area contributed by atoms with Gasteiger partial charge in [-0.2, -0.15) is 0 Å². The highest BCUT2D eigenvalue weighted by molar-refractivity contribution is 7.11. The van der Waals surface area contributed by atoms with Crippen molar-refractivity contribution in [2.24, 2.45) is 0 Å². The average Bonchev–Trinajstić information content (AvgIpc) is 3.25. The molecule has 0 radical (unpaired) electrons. The van der Waals surface area contributed by atoms with Crippen LogP contribution in [0.4, 0.5) is 11.5 Å². The Bertz CT molecular complexity index is 580. The summed E-state index contributed by atoms with van der Waals surface area (Å²) >= 11 is 1.80. The Morgan fingerprint density at radius 3 is 2.86 bits per heavy atom. The van der Waals surface area contributed by atoms with Crippen LogP contribution >= 0.6 is 11.3 Å². The summed E-state index contributed by atoms with van der Waals surface area (Å²) in [5.74, 6) is 1.58. The second kappa shape index (κ2) is 6.41. The fourth-order valence-electron chi connectivity index (χ4n) is 2.10. The largest absolute Gasteiger partial charge is 0.395 e. The van der Waals surface area contributed by atoms with Crippen LogP contribution in [0.1, 0.15) is 28.6 Å². The van der Waals surface area contributed by atoms with E-state index in [-0.39, 0.29) is 6.61 Å². The zero-order chi connectivity index (χ0) is 14.7. The highest BCUT2D eigenvalue weighted by Gasteiger charge is 2.26. The van der Waals surface area contributed by atoms with Crippen LogP contribution in [0.5, 0.6) is 0 Å². The predicted octanol–water partition coefficient (Wildman–Crippen LogP) is 2.46. The first kappa shape index (κ1) is 14.3. The normalized spacial score (nSPS) is 14.2. The third kappa shape index (κ3) is 3.71. The van der Waals surface area contributed by atoms with Gasteiger partial charge in [0.15, 0.2) is 0 Å². The molecule has 0 unspecified atom stereocenters. The number of nitrogens with zero attached hydrogens (tertiary/aromatic N) is 3. The van der Waals surface area contributed by atoms with Crippen LogP contribution in [0.25, 0.3) is 0 Å². The lowest BCUT2D eigenvalue weighted by molar-refractivity contribution is 0.304. The van der Waals surface area contributed by atoms with E-state index in [1.807, 2.05) is 36.5 Å². The molecule has 2 aromatic rings. The maximum absolute atomic E-state index is 8.93. The summed E-state index contributed by atoms with van der Waals surface area (Å²) in [7, 11) is 1.94. The number of pyridine rings is 1. The van der Waals surface area contributed by atoms with E-state index < -0.39 is 0 Å². The summed E-state index contributed by atoms with van der Waals surface area (Å²) < 4.78 is 0. The van der Waals surface area contributed by atoms with Crippen LogP contribution in [-0.4, -0.2) is 35.3 Å². The van der Waals surface area contributed by atoms with Gasteiger partial charge in [0, 0.05) is 30.6 Å². The number of aliphatic hydroxyl groups is 1. The van der Waals surface area contributed by atoms with Gasteiger partial charge in [0.05, 0.1) is 30.0 Å². The molecule has 2 heterocycles. The second-order valence-corrected chi connectivity index (χ2v) is 6.49. The number of aromatic nitrogens is 2. The van der Waals surface area contributed by atoms with E-state index in [2.05, 4.69) is 15.3 Å². The van der Waals surface area contributed by atoms with Crippen molar-refractivity contribution in [2.45, 2.75) is 25.3 Å². The third-order valence-corrected chi connectivity index (χ3v) is 4.73. The minimum Gasteiger partial charge on any atom is -0.395 e. The smallest absolute Gasteiger partial charge is 0.126 e. The number of hydrogen-bond acceptors (Lipinski definition) is 6. The standard InChI is InChI=1S/C15H20N4OS/c1-19(6-7-20)12-4-5-14(16-8-12)17-9-13-10-18-15(21-13)11-2-3-11/h4-5,8,10-11,20H,2-3,6-7,9H2,1H3,(H,16,17). The van der Waals surface area contributed by atoms with Gasteiger partial charge in [-0.05, 0) is 25.0 Å². The molecule has 1 aliphatic rings. The quantitative estimate of drug-likeness (QED) is 0.823. The Kier molecular flexibility index (Phi) is 4.36. The molecule has 112 valence electrons. The Balaban J connectivity index is 1.54. The molecule has 0 aromatic carbocycles. The van der Waals surface area contributed by atoms with Crippen molar-refractivity contribution >= 4 is 22.8 Å². The lowest BCUT2D eigenvalue weighted by Gasteiger charge is -2.17. The zero-order valence-electron chi connectivity index (χ0n) is 12.1. The molecular weight excluding hydrogens is 284 g/mol. The molecule has 0 saturated heterocycles. The fourth-order valence-corrected chi connectivity index (χ4v) is 3.12. The van der Waals surface area contributed by atoms with E-state index >= 15 is 0 Å². The van der Waals surface area contributed by atoms with Crippen molar-refractivity contribution in [1.82, 2.24) is 9.97 Å². The maximum Gasteiger partial charge on any atom is 0.126 e. The predicted molar refractivity (Wildman–Crippen MR) is 86.0 cm³/mol. The van der Waals surface area contributed by atoms with Crippen LogP contribution in [0.3, 0.4) is 0 Å². The van der Waals surface area contributed by atoms with Crippen molar-refractivity contribution in [1.29, 1.82) is 0 Å². The Hall–Kier alpha value is -1.66. The maximum atomic E-state index is 8.93. The third-order valence-electron chi connectivity index (χ3n) is 3.57. The number of anilines is 2. The molecule has 5 nitrogen and oxygen atoms in total. The fraction of sp³-hybridized carbons (Fsp3) is 0.467. The van der Waals surface area contributed by atoms with E-state index in [9.17, 15) is 0 Å². The number of hydrogen-bond donors (Lipinski definition) is 2. The molecule has 0 atom stereocenters. The first-order chi connectivity index (χ1) is 10.3. The van der Waals surface area contributed by atoms with Crippen molar-refractivity contribution in [2.75, 3.05) is 30.4 Å². The van der Waals surface area contributed by atoms with Crippen LogP contribution < -0.4 is 10.2 Å². The summed E-state index contributed by atoms with van der Waals surface area (Å²) in [5, 5.41) is 13.5. The second-order valence-electron chi connectivity index (χ2n) is 5.34. The number of nitrogens with one attached hydrogen (secondary N) is 1. The van der Waals surface area contributed by atoms with Crippen LogP contribution in [0, 0.1) is 0 Å². The molecule has 2 N–H and O–H groups in total. The number of aliphatic hydroxyl groups excluding tert-OH is 1. The van der Waals surface area contributed by atoms with Gasteiger partial charge in [0.1, 0.15) is 5.82 Å². The summed E-state index contributed by atoms with van der Waals surface area (Å²) in [6.07, 6.45) is 6.38. The van der Waals surface area contributed by atoms with Gasteiger partial charge in [-0.1, -0.05) is 0 Å². The van der Waals surface area contributed by atoms with Gasteiger partial charge in [-0.25, -0.2) is 9.97 Å². The highest BCUT2D eigenvalue weighted by atomic mass is 32.1. The molecule has 1 saturated carbocycles. The monoisotopic (exact) mass is 304 g/mol. The molecule has 3 rings (SSSR count). The molecule has 1 aliphatic carbocycles. The SMILES string of the molecule is CN(CCO)c1ccc(NCc2cnc(C3CC3)s2)nc1. The van der Waals surface area contributed by atoms with E-state index in [1.54, 1.807) is 11.3 Å². The summed E-state index contributed by atoms with van der Waals surface area (Å²) in [4.78, 5) is 12.1. The average molecular weight is 304 g/mol. The number of likely N-dealkylation sites (N-methyl/N-ethyl adjacent to an activating group) is 1. The molecule has 6 heteroatoms. The van der Waals surface area contributed by atoms with Gasteiger partial charge < -0.3 is 15.3 Å². The van der Waals surface area contributed by atoms with E-state index in [0.717, 1.165) is 24.0 Å². The molecule has 21 heavy (non-hydrogen) atoms. The van der Waals surface area contributed by atoms with E-state index in [0.29, 0.717) is 6.54 Å². The molecule has 0 bridgehead atoms. The van der Waals surface area contributed by atoms with Crippen LogP contribution in [-0.2, 0) is 6.54 Å². The molecular formula is C15H20N4OS. The lowest BCUT2D eigenvalue weighted by Crippen LogP contribution is -2.21. The van der Waals surface area contributed by atoms with Crippen LogP contribution in [0.2, 0.25) is 0 Å². The van der Waals surface area contributed by atoms with Crippen molar-refractivity contribution in [3.05, 3.63) is 34.4 Å². The minimum atomic E-state index is 0.144. The first-order valence-corrected chi connectivity index (χ1v) is 8.04. The van der Waals surface area contributed by atoms with Crippen molar-refractivity contribution in [3.63, 3.8) is 0 Å². The molecule has 0 spiro atoms. The summed E-state index contributed by atoms with van der Waals surface area (Å²) in [6, 6.07) is 3.97. The Morgan fingerprint density at radius 1 is 1.33 bits per heavy atom. The van der Waals surface area contributed by atoms with Gasteiger partial charge in [-0.3, -0.25) is 0 Å². The highest BCUT2D eigenvalue weighted by Crippen LogP contribution is 2.41. The summed E-state index contributed by atoms with van der Waals surface area (Å²) in [5.41, 5.74) is 1.00. The zero-order valence-corrected chi connectivity index (χ0v) is 12.9. The van der Waals surface area contributed by atoms with Gasteiger partial charge in [0.2, 0.25) is 0 Å². The molecule has 2 aromatic heterocycles. The van der Waals surface area contributed by atoms with Gasteiger partial charge in [-0.15, -0.1) is 11.3 Å². The van der Waals surface area contributed by atoms with Crippen molar-refractivity contribution < 1.29 is 5.11 Å². The Morgan fingerprint density at radius 2 is 2.19 bits per heavy atom. The van der Waals surface area contributed by atoms with Crippen molar-refractivity contribution in [3.8, 4) is 0 Å². The lowest BCUT2D eigenvalue weighted by atomic mass is 10.3. The topological polar surface area (TPSA) is 61.3 Å². The molecule has 0 aliphatic heterocycles. The Labute approximate surface area is 128 Å². The molecule has 1 fully saturated rings. The van der Waals surface area contributed by atoms with E-state index in [4.69, 9.17) is 5.11 Å². The number of rotatable bonds is 7. The van der Waals surface area contributed by atoms with Gasteiger partial charge >= 0.3 is 0 Å². The van der Waals surface area contributed by atoms with Crippen LogP contribution in [0.15, 0.2) is 24.5 Å². The number of thiazole rings is 1. The summed E-state index contributed by atoms with van der Waals surface area (Å²) in [6.45, 7) is 1.52. The minimum absolute atomic E-state index is 0.144. The van der Waals surface area contributed by atoms with E-state index in [1.165, 1.54) is 22.7 Å².